The number of benzene rings is 1. The molecule has 2 aromatic rings. The standard InChI is InChI=1S/C17H21ClN2S/c1-3-10-19-16(14-8-6-13(2)7-9-14)12-21-17-15(18)5-4-11-20-17/h4-9,11,16,19H,3,10,12H2,1-2H3. The summed E-state index contributed by atoms with van der Waals surface area (Å²) >= 11 is 7.87. The SMILES string of the molecule is CCCNC(CSc1ncccc1Cl)c1ccc(C)cc1. The molecule has 4 heteroatoms. The van der Waals surface area contributed by atoms with Crippen molar-refractivity contribution in [2.45, 2.75) is 31.3 Å². The summed E-state index contributed by atoms with van der Waals surface area (Å²) < 4.78 is 0. The highest BCUT2D eigenvalue weighted by atomic mass is 35.5. The maximum absolute atomic E-state index is 6.18. The summed E-state index contributed by atoms with van der Waals surface area (Å²) in [5.41, 5.74) is 2.60. The molecule has 2 rings (SSSR count). The van der Waals surface area contributed by atoms with E-state index in [1.54, 1.807) is 18.0 Å². The van der Waals surface area contributed by atoms with E-state index in [4.69, 9.17) is 11.6 Å². The minimum Gasteiger partial charge on any atom is -0.309 e. The smallest absolute Gasteiger partial charge is 0.115 e. The van der Waals surface area contributed by atoms with Crippen molar-refractivity contribution < 1.29 is 0 Å². The van der Waals surface area contributed by atoms with Crippen LogP contribution in [0.1, 0.15) is 30.5 Å². The molecule has 1 atom stereocenters. The van der Waals surface area contributed by atoms with E-state index >= 15 is 0 Å². The van der Waals surface area contributed by atoms with Crippen LogP contribution < -0.4 is 5.32 Å². The van der Waals surface area contributed by atoms with Crippen LogP contribution in [0, 0.1) is 6.92 Å². The van der Waals surface area contributed by atoms with E-state index < -0.39 is 0 Å². The first-order chi connectivity index (χ1) is 10.2. The number of nitrogens with one attached hydrogen (secondary N) is 1. The molecule has 0 aliphatic carbocycles. The highest BCUT2D eigenvalue weighted by Gasteiger charge is 2.12. The molecule has 0 bridgehead atoms. The summed E-state index contributed by atoms with van der Waals surface area (Å²) in [5, 5.41) is 5.22. The number of halogens is 1. The second-order valence-corrected chi connectivity index (χ2v) is 6.43. The molecule has 0 saturated heterocycles. The molecule has 0 amide bonds. The monoisotopic (exact) mass is 320 g/mol. The van der Waals surface area contributed by atoms with Crippen LogP contribution >= 0.6 is 23.4 Å². The topological polar surface area (TPSA) is 24.9 Å². The molecule has 1 heterocycles. The number of aryl methyl sites for hydroxylation is 1. The van der Waals surface area contributed by atoms with E-state index in [-0.39, 0.29) is 0 Å². The van der Waals surface area contributed by atoms with Crippen molar-refractivity contribution >= 4 is 23.4 Å². The number of rotatable bonds is 7. The highest BCUT2D eigenvalue weighted by Crippen LogP contribution is 2.28. The van der Waals surface area contributed by atoms with Gasteiger partial charge in [0.1, 0.15) is 5.03 Å². The molecule has 0 saturated carbocycles. The van der Waals surface area contributed by atoms with Crippen molar-refractivity contribution in [3.8, 4) is 0 Å². The number of thioether (sulfide) groups is 1. The van der Waals surface area contributed by atoms with E-state index in [0.29, 0.717) is 6.04 Å². The zero-order chi connectivity index (χ0) is 15.1. The maximum Gasteiger partial charge on any atom is 0.115 e. The Hall–Kier alpha value is -1.03. The van der Waals surface area contributed by atoms with Crippen molar-refractivity contribution in [2.75, 3.05) is 12.3 Å². The Bertz CT molecular complexity index is 557. The molecule has 0 spiro atoms. The molecule has 2 nitrogen and oxygen atoms in total. The molecular weight excluding hydrogens is 300 g/mol. The predicted octanol–water partition coefficient (Wildman–Crippen LogP) is 4.88. The summed E-state index contributed by atoms with van der Waals surface area (Å²) in [6.45, 7) is 5.30. The van der Waals surface area contributed by atoms with Crippen LogP contribution in [-0.4, -0.2) is 17.3 Å². The number of nitrogens with zero attached hydrogens (tertiary/aromatic N) is 1. The van der Waals surface area contributed by atoms with Crippen molar-refractivity contribution in [2.24, 2.45) is 0 Å². The second-order valence-electron chi connectivity index (χ2n) is 5.02. The quantitative estimate of drug-likeness (QED) is 0.736. The lowest BCUT2D eigenvalue weighted by molar-refractivity contribution is 0.577. The Balaban J connectivity index is 2.06. The minimum atomic E-state index is 0.314. The van der Waals surface area contributed by atoms with Gasteiger partial charge in [0, 0.05) is 18.0 Å². The van der Waals surface area contributed by atoms with Gasteiger partial charge in [0.25, 0.3) is 0 Å². The van der Waals surface area contributed by atoms with Crippen LogP contribution in [0.25, 0.3) is 0 Å². The van der Waals surface area contributed by atoms with Gasteiger partial charge in [-0.05, 0) is 37.6 Å². The summed E-state index contributed by atoms with van der Waals surface area (Å²) in [6, 6.07) is 12.8. The van der Waals surface area contributed by atoms with Crippen LogP contribution in [-0.2, 0) is 0 Å². The van der Waals surface area contributed by atoms with Gasteiger partial charge in [-0.1, -0.05) is 48.4 Å². The summed E-state index contributed by atoms with van der Waals surface area (Å²) in [5.74, 6) is 0.916. The van der Waals surface area contributed by atoms with E-state index in [1.807, 2.05) is 12.1 Å². The number of pyridine rings is 1. The van der Waals surface area contributed by atoms with Crippen molar-refractivity contribution in [3.63, 3.8) is 0 Å². The first kappa shape index (κ1) is 16.3. The van der Waals surface area contributed by atoms with Gasteiger partial charge in [-0.2, -0.15) is 0 Å². The third kappa shape index (κ3) is 5.03. The Labute approximate surface area is 136 Å². The molecular formula is C17H21ClN2S. The molecule has 21 heavy (non-hydrogen) atoms. The summed E-state index contributed by atoms with van der Waals surface area (Å²) in [6.07, 6.45) is 2.91. The Morgan fingerprint density at radius 2 is 2.00 bits per heavy atom. The van der Waals surface area contributed by atoms with Gasteiger partial charge in [-0.15, -0.1) is 11.8 Å². The highest BCUT2D eigenvalue weighted by molar-refractivity contribution is 7.99. The van der Waals surface area contributed by atoms with E-state index in [0.717, 1.165) is 28.8 Å². The Morgan fingerprint density at radius 1 is 1.24 bits per heavy atom. The van der Waals surface area contributed by atoms with Crippen LogP contribution in [0.15, 0.2) is 47.6 Å². The van der Waals surface area contributed by atoms with Crippen LogP contribution in [0.5, 0.6) is 0 Å². The lowest BCUT2D eigenvalue weighted by Crippen LogP contribution is -2.24. The number of aromatic nitrogens is 1. The van der Waals surface area contributed by atoms with Crippen molar-refractivity contribution in [1.82, 2.24) is 10.3 Å². The van der Waals surface area contributed by atoms with Crippen molar-refractivity contribution in [3.05, 3.63) is 58.7 Å². The minimum absolute atomic E-state index is 0.314. The second kappa shape index (κ2) is 8.42. The molecule has 112 valence electrons. The normalized spacial score (nSPS) is 12.3. The molecule has 1 N–H and O–H groups in total. The number of hydrogen-bond acceptors (Lipinski definition) is 3. The average molecular weight is 321 g/mol. The number of hydrogen-bond donors (Lipinski definition) is 1. The fourth-order valence-electron chi connectivity index (χ4n) is 2.03. The average Bonchev–Trinajstić information content (AvgIpc) is 2.50. The van der Waals surface area contributed by atoms with E-state index in [9.17, 15) is 0 Å². The van der Waals surface area contributed by atoms with Gasteiger partial charge in [0.2, 0.25) is 0 Å². The zero-order valence-corrected chi connectivity index (χ0v) is 14.0. The lowest BCUT2D eigenvalue weighted by Gasteiger charge is -2.19. The van der Waals surface area contributed by atoms with Crippen LogP contribution in [0.3, 0.4) is 0 Å². The van der Waals surface area contributed by atoms with Crippen LogP contribution in [0.4, 0.5) is 0 Å². The van der Waals surface area contributed by atoms with Gasteiger partial charge < -0.3 is 5.32 Å². The summed E-state index contributed by atoms with van der Waals surface area (Å²) in [7, 11) is 0. The lowest BCUT2D eigenvalue weighted by atomic mass is 10.1. The Kier molecular flexibility index (Phi) is 6.55. The zero-order valence-electron chi connectivity index (χ0n) is 12.5. The van der Waals surface area contributed by atoms with Gasteiger partial charge in [0.05, 0.1) is 5.02 Å². The predicted molar refractivity (Wildman–Crippen MR) is 92.2 cm³/mol. The Morgan fingerprint density at radius 3 is 2.67 bits per heavy atom. The molecule has 0 aliphatic heterocycles. The van der Waals surface area contributed by atoms with Gasteiger partial charge >= 0.3 is 0 Å². The van der Waals surface area contributed by atoms with Crippen LogP contribution in [0.2, 0.25) is 5.02 Å². The van der Waals surface area contributed by atoms with Gasteiger partial charge in [0.15, 0.2) is 0 Å². The molecule has 1 unspecified atom stereocenters. The van der Waals surface area contributed by atoms with Gasteiger partial charge in [-0.3, -0.25) is 0 Å². The molecule has 1 aromatic carbocycles. The fourth-order valence-corrected chi connectivity index (χ4v) is 3.29. The first-order valence-corrected chi connectivity index (χ1v) is 8.60. The third-order valence-corrected chi connectivity index (χ3v) is 4.75. The largest absolute Gasteiger partial charge is 0.309 e. The van der Waals surface area contributed by atoms with Gasteiger partial charge in [-0.25, -0.2) is 4.98 Å². The first-order valence-electron chi connectivity index (χ1n) is 7.24. The summed E-state index contributed by atoms with van der Waals surface area (Å²) in [4.78, 5) is 4.34. The van der Waals surface area contributed by atoms with E-state index in [1.165, 1.54) is 11.1 Å². The van der Waals surface area contributed by atoms with Crippen molar-refractivity contribution in [1.29, 1.82) is 0 Å². The van der Waals surface area contributed by atoms with E-state index in [2.05, 4.69) is 48.4 Å². The molecule has 0 radical (unpaired) electrons. The molecule has 0 aliphatic rings. The molecule has 1 aromatic heterocycles. The maximum atomic E-state index is 6.18. The fraction of sp³-hybridized carbons (Fsp3) is 0.353. The molecule has 0 fully saturated rings. The third-order valence-electron chi connectivity index (χ3n) is 3.23.